The molecule has 0 bridgehead atoms. The lowest BCUT2D eigenvalue weighted by Gasteiger charge is -2.11. The lowest BCUT2D eigenvalue weighted by Crippen LogP contribution is -2.16. The SMILES string of the molecule is O=S(=O)(CF)Nc1c(Cc2ccccc2)[nH]ccc1=S. The molecule has 0 amide bonds. The summed E-state index contributed by atoms with van der Waals surface area (Å²) in [5.41, 5.74) is 1.81. The van der Waals surface area contributed by atoms with E-state index in [-0.39, 0.29) is 5.69 Å². The minimum Gasteiger partial charge on any atom is -0.363 e. The molecule has 0 fully saturated rings. The molecule has 2 rings (SSSR count). The summed E-state index contributed by atoms with van der Waals surface area (Å²) in [4.78, 5) is 2.96. The van der Waals surface area contributed by atoms with Crippen molar-refractivity contribution in [2.24, 2.45) is 0 Å². The number of hydrogen-bond donors (Lipinski definition) is 2. The van der Waals surface area contributed by atoms with E-state index >= 15 is 0 Å². The van der Waals surface area contributed by atoms with Gasteiger partial charge in [0.25, 0.3) is 10.0 Å². The number of sulfonamides is 1. The van der Waals surface area contributed by atoms with Gasteiger partial charge in [0.05, 0.1) is 10.2 Å². The quantitative estimate of drug-likeness (QED) is 0.834. The van der Waals surface area contributed by atoms with Crippen LogP contribution in [0.5, 0.6) is 0 Å². The van der Waals surface area contributed by atoms with Gasteiger partial charge in [0, 0.05) is 18.3 Å². The Bertz CT molecular complexity index is 742. The molecule has 20 heavy (non-hydrogen) atoms. The number of benzene rings is 1. The molecule has 0 spiro atoms. The fraction of sp³-hybridized carbons (Fsp3) is 0.154. The van der Waals surface area contributed by atoms with E-state index in [0.717, 1.165) is 5.56 Å². The van der Waals surface area contributed by atoms with Crippen LogP contribution in [0.15, 0.2) is 42.6 Å². The van der Waals surface area contributed by atoms with Crippen molar-refractivity contribution in [2.45, 2.75) is 6.42 Å². The summed E-state index contributed by atoms with van der Waals surface area (Å²) >= 11 is 5.10. The van der Waals surface area contributed by atoms with Crippen LogP contribution in [-0.2, 0) is 16.4 Å². The zero-order chi connectivity index (χ0) is 14.6. The molecule has 0 atom stereocenters. The molecule has 0 saturated heterocycles. The van der Waals surface area contributed by atoms with Crippen molar-refractivity contribution in [1.82, 2.24) is 4.98 Å². The Morgan fingerprint density at radius 2 is 1.90 bits per heavy atom. The fourth-order valence-electron chi connectivity index (χ4n) is 1.76. The second-order valence-electron chi connectivity index (χ2n) is 4.18. The predicted molar refractivity (Wildman–Crippen MR) is 79.4 cm³/mol. The van der Waals surface area contributed by atoms with Gasteiger partial charge in [-0.15, -0.1) is 0 Å². The first kappa shape index (κ1) is 14.7. The van der Waals surface area contributed by atoms with Crippen molar-refractivity contribution in [3.8, 4) is 0 Å². The van der Waals surface area contributed by atoms with E-state index in [1.54, 1.807) is 12.3 Å². The summed E-state index contributed by atoms with van der Waals surface area (Å²) in [6.45, 7) is 0. The number of H-pyrrole nitrogens is 1. The van der Waals surface area contributed by atoms with Crippen LogP contribution in [0, 0.1) is 4.51 Å². The average Bonchev–Trinajstić information content (AvgIpc) is 2.44. The molecule has 2 aromatic rings. The van der Waals surface area contributed by atoms with E-state index in [9.17, 15) is 12.8 Å². The van der Waals surface area contributed by atoms with E-state index in [2.05, 4.69) is 9.71 Å². The van der Waals surface area contributed by atoms with Gasteiger partial charge in [0.15, 0.2) is 0 Å². The highest BCUT2D eigenvalue weighted by molar-refractivity contribution is 7.92. The monoisotopic (exact) mass is 312 g/mol. The standard InChI is InChI=1S/C13H13FN2O2S2/c14-9-20(17,18)16-13-11(15-7-6-12(13)19)8-10-4-2-1-3-5-10/h1-7,16H,8-9H2,(H,15,19). The number of hydrogen-bond acceptors (Lipinski definition) is 3. The number of aromatic amines is 1. The molecule has 0 aliphatic rings. The van der Waals surface area contributed by atoms with Crippen LogP contribution in [0.25, 0.3) is 0 Å². The van der Waals surface area contributed by atoms with Gasteiger partial charge in [-0.1, -0.05) is 42.5 Å². The summed E-state index contributed by atoms with van der Waals surface area (Å²) in [5, 5.41) is 0. The Morgan fingerprint density at radius 1 is 1.20 bits per heavy atom. The van der Waals surface area contributed by atoms with E-state index in [4.69, 9.17) is 12.2 Å². The van der Waals surface area contributed by atoms with Crippen molar-refractivity contribution in [2.75, 3.05) is 10.7 Å². The zero-order valence-electron chi connectivity index (χ0n) is 10.5. The molecule has 1 aromatic heterocycles. The first-order valence-corrected chi connectivity index (χ1v) is 7.89. The maximum atomic E-state index is 12.5. The highest BCUT2D eigenvalue weighted by Crippen LogP contribution is 2.20. The van der Waals surface area contributed by atoms with Crippen LogP contribution in [0.4, 0.5) is 10.1 Å². The summed E-state index contributed by atoms with van der Waals surface area (Å²) in [6, 6.07) is 9.57. The topological polar surface area (TPSA) is 62.0 Å². The van der Waals surface area contributed by atoms with Gasteiger partial charge in [0.2, 0.25) is 6.01 Å². The third-order valence-corrected chi connectivity index (χ3v) is 3.81. The molecule has 1 aromatic carbocycles. The number of alkyl halides is 1. The van der Waals surface area contributed by atoms with Crippen LogP contribution in [0.3, 0.4) is 0 Å². The Morgan fingerprint density at radius 3 is 2.55 bits per heavy atom. The van der Waals surface area contributed by atoms with Gasteiger partial charge in [-0.25, -0.2) is 12.8 Å². The molecular weight excluding hydrogens is 299 g/mol. The largest absolute Gasteiger partial charge is 0.363 e. The molecular formula is C13H13FN2O2S2. The number of halogens is 1. The van der Waals surface area contributed by atoms with Crippen LogP contribution in [0.1, 0.15) is 11.3 Å². The maximum Gasteiger partial charge on any atom is 0.262 e. The van der Waals surface area contributed by atoms with Crippen molar-refractivity contribution >= 4 is 27.9 Å². The van der Waals surface area contributed by atoms with Crippen LogP contribution in [0.2, 0.25) is 0 Å². The highest BCUT2D eigenvalue weighted by Gasteiger charge is 2.14. The molecule has 4 nitrogen and oxygen atoms in total. The molecule has 0 unspecified atom stereocenters. The van der Waals surface area contributed by atoms with Gasteiger partial charge in [-0.2, -0.15) is 0 Å². The first-order chi connectivity index (χ1) is 9.52. The molecule has 0 aliphatic heterocycles. The first-order valence-electron chi connectivity index (χ1n) is 5.83. The smallest absolute Gasteiger partial charge is 0.262 e. The van der Waals surface area contributed by atoms with Crippen molar-refractivity contribution in [3.05, 3.63) is 58.4 Å². The van der Waals surface area contributed by atoms with Gasteiger partial charge < -0.3 is 4.98 Å². The Kier molecular flexibility index (Phi) is 4.51. The second-order valence-corrected chi connectivity index (χ2v) is 6.28. The summed E-state index contributed by atoms with van der Waals surface area (Å²) < 4.78 is 37.7. The van der Waals surface area contributed by atoms with Crippen molar-refractivity contribution in [1.29, 1.82) is 0 Å². The minimum absolute atomic E-state index is 0.226. The Balaban J connectivity index is 2.39. The molecule has 0 saturated carbocycles. The molecule has 0 radical (unpaired) electrons. The predicted octanol–water partition coefficient (Wildman–Crippen LogP) is 3.00. The fourth-order valence-corrected chi connectivity index (χ4v) is 2.66. The molecule has 0 aliphatic carbocycles. The summed E-state index contributed by atoms with van der Waals surface area (Å²) in [5.74, 6) is 0. The lowest BCUT2D eigenvalue weighted by atomic mass is 10.1. The molecule has 7 heteroatoms. The van der Waals surface area contributed by atoms with E-state index in [1.807, 2.05) is 30.3 Å². The van der Waals surface area contributed by atoms with Gasteiger partial charge in [-0.3, -0.25) is 4.72 Å². The van der Waals surface area contributed by atoms with Gasteiger partial charge in [-0.05, 0) is 11.6 Å². The van der Waals surface area contributed by atoms with Crippen LogP contribution >= 0.6 is 12.2 Å². The summed E-state index contributed by atoms with van der Waals surface area (Å²) in [6.07, 6.45) is 2.10. The second kappa shape index (κ2) is 6.15. The van der Waals surface area contributed by atoms with Gasteiger partial charge in [0.1, 0.15) is 0 Å². The minimum atomic E-state index is -4.01. The van der Waals surface area contributed by atoms with Gasteiger partial charge >= 0.3 is 0 Å². The Hall–Kier alpha value is -1.73. The zero-order valence-corrected chi connectivity index (χ0v) is 12.1. The van der Waals surface area contributed by atoms with E-state index in [0.29, 0.717) is 16.6 Å². The molecule has 1 heterocycles. The number of nitrogens with one attached hydrogen (secondary N) is 2. The number of rotatable bonds is 5. The summed E-state index contributed by atoms with van der Waals surface area (Å²) in [7, 11) is -4.01. The lowest BCUT2D eigenvalue weighted by molar-refractivity contribution is 0.538. The number of anilines is 1. The van der Waals surface area contributed by atoms with Crippen molar-refractivity contribution < 1.29 is 12.8 Å². The number of aromatic nitrogens is 1. The number of pyridine rings is 1. The molecule has 2 N–H and O–H groups in total. The van der Waals surface area contributed by atoms with E-state index < -0.39 is 16.0 Å². The maximum absolute atomic E-state index is 12.5. The van der Waals surface area contributed by atoms with Crippen molar-refractivity contribution in [3.63, 3.8) is 0 Å². The highest BCUT2D eigenvalue weighted by atomic mass is 32.2. The Labute approximate surface area is 121 Å². The third-order valence-electron chi connectivity index (χ3n) is 2.67. The third kappa shape index (κ3) is 3.64. The van der Waals surface area contributed by atoms with Crippen LogP contribution < -0.4 is 4.72 Å². The van der Waals surface area contributed by atoms with Crippen LogP contribution in [-0.4, -0.2) is 19.4 Å². The normalized spacial score (nSPS) is 11.2. The molecule has 106 valence electrons. The van der Waals surface area contributed by atoms with E-state index in [1.165, 1.54) is 0 Å². The average molecular weight is 312 g/mol.